The van der Waals surface area contributed by atoms with Gasteiger partial charge in [-0.15, -0.1) is 11.8 Å². The number of thioether (sulfide) groups is 1. The van der Waals surface area contributed by atoms with Crippen molar-refractivity contribution in [3.8, 4) is 0 Å². The average Bonchev–Trinajstić information content (AvgIpc) is 3.14. The molecule has 1 aromatic carbocycles. The fourth-order valence-corrected chi connectivity index (χ4v) is 4.43. The third-order valence-electron chi connectivity index (χ3n) is 5.14. The molecule has 6 nitrogen and oxygen atoms in total. The van der Waals surface area contributed by atoms with Gasteiger partial charge in [0.2, 0.25) is 11.8 Å². The Morgan fingerprint density at radius 1 is 1.04 bits per heavy atom. The maximum absolute atomic E-state index is 12.6. The number of nitrogens with zero attached hydrogens (tertiary/aromatic N) is 2. The van der Waals surface area contributed by atoms with Crippen molar-refractivity contribution in [3.63, 3.8) is 0 Å². The summed E-state index contributed by atoms with van der Waals surface area (Å²) in [5, 5.41) is 0. The molecule has 2 N–H and O–H groups in total. The summed E-state index contributed by atoms with van der Waals surface area (Å²) in [6.07, 6.45) is 0. The Balaban J connectivity index is 1.46. The largest absolute Gasteiger partial charge is 0.378 e. The van der Waals surface area contributed by atoms with Crippen LogP contribution in [0.5, 0.6) is 0 Å². The maximum atomic E-state index is 12.6. The average molecular weight is 378 g/mol. The molecule has 7 heteroatoms. The maximum Gasteiger partial charge on any atom is 0.232 e. The standard InChI is InChI=1S/C19H27N3O3S/c20-10-16-11-22(12-17(16)15-4-2-1-3-5-15)19(24)14-26-13-18(23)21-6-8-25-9-7-21/h1-5,16-17H,6-14,20H2/t16-,17+/m1/s1. The van der Waals surface area contributed by atoms with E-state index in [4.69, 9.17) is 10.5 Å². The Hall–Kier alpha value is -1.57. The summed E-state index contributed by atoms with van der Waals surface area (Å²) in [7, 11) is 0. The molecule has 2 fully saturated rings. The van der Waals surface area contributed by atoms with Gasteiger partial charge in [-0.3, -0.25) is 9.59 Å². The van der Waals surface area contributed by atoms with E-state index in [-0.39, 0.29) is 11.8 Å². The summed E-state index contributed by atoms with van der Waals surface area (Å²) in [5.74, 6) is 1.47. The van der Waals surface area contributed by atoms with Gasteiger partial charge >= 0.3 is 0 Å². The summed E-state index contributed by atoms with van der Waals surface area (Å²) in [5.41, 5.74) is 7.19. The Kier molecular flexibility index (Phi) is 6.93. The van der Waals surface area contributed by atoms with E-state index in [1.54, 1.807) is 0 Å². The van der Waals surface area contributed by atoms with E-state index in [0.29, 0.717) is 69.3 Å². The van der Waals surface area contributed by atoms with E-state index in [0.717, 1.165) is 0 Å². The monoisotopic (exact) mass is 377 g/mol. The van der Waals surface area contributed by atoms with Crippen molar-refractivity contribution >= 4 is 23.6 Å². The fraction of sp³-hybridized carbons (Fsp3) is 0.579. The number of likely N-dealkylation sites (tertiary alicyclic amines) is 1. The van der Waals surface area contributed by atoms with E-state index in [1.807, 2.05) is 28.0 Å². The summed E-state index contributed by atoms with van der Waals surface area (Å²) in [6, 6.07) is 10.3. The Bertz CT molecular complexity index is 607. The molecule has 2 amide bonds. The fourth-order valence-electron chi connectivity index (χ4n) is 3.61. The normalized spacial score (nSPS) is 23.3. The summed E-state index contributed by atoms with van der Waals surface area (Å²) in [4.78, 5) is 28.4. The van der Waals surface area contributed by atoms with Crippen molar-refractivity contribution in [2.24, 2.45) is 11.7 Å². The van der Waals surface area contributed by atoms with Crippen molar-refractivity contribution < 1.29 is 14.3 Å². The minimum Gasteiger partial charge on any atom is -0.378 e. The zero-order valence-electron chi connectivity index (χ0n) is 15.0. The topological polar surface area (TPSA) is 75.9 Å². The van der Waals surface area contributed by atoms with Crippen molar-refractivity contribution in [3.05, 3.63) is 35.9 Å². The number of carbonyl (C=O) groups is 2. The third-order valence-corrected chi connectivity index (χ3v) is 6.04. The highest BCUT2D eigenvalue weighted by Crippen LogP contribution is 2.32. The molecule has 3 rings (SSSR count). The lowest BCUT2D eigenvalue weighted by molar-refractivity contribution is -0.132. The van der Waals surface area contributed by atoms with Gasteiger partial charge in [-0.2, -0.15) is 0 Å². The van der Waals surface area contributed by atoms with Gasteiger partial charge in [-0.05, 0) is 18.0 Å². The lowest BCUT2D eigenvalue weighted by atomic mass is 9.89. The van der Waals surface area contributed by atoms with Gasteiger partial charge < -0.3 is 20.3 Å². The number of amides is 2. The number of hydrogen-bond donors (Lipinski definition) is 1. The Labute approximate surface area is 159 Å². The zero-order valence-corrected chi connectivity index (χ0v) is 15.8. The van der Waals surface area contributed by atoms with Crippen LogP contribution in [0.25, 0.3) is 0 Å². The number of rotatable bonds is 6. The summed E-state index contributed by atoms with van der Waals surface area (Å²) < 4.78 is 5.26. The molecule has 0 aliphatic carbocycles. The predicted octanol–water partition coefficient (Wildman–Crippen LogP) is 0.779. The molecule has 0 saturated carbocycles. The molecule has 0 spiro atoms. The highest BCUT2D eigenvalue weighted by atomic mass is 32.2. The van der Waals surface area contributed by atoms with Crippen molar-refractivity contribution in [2.45, 2.75) is 5.92 Å². The number of morpholine rings is 1. The van der Waals surface area contributed by atoms with Crippen LogP contribution in [0.3, 0.4) is 0 Å². The number of nitrogens with two attached hydrogens (primary N) is 1. The molecule has 2 atom stereocenters. The first-order chi connectivity index (χ1) is 12.7. The van der Waals surface area contributed by atoms with Crippen LogP contribution < -0.4 is 5.73 Å². The zero-order chi connectivity index (χ0) is 18.4. The van der Waals surface area contributed by atoms with Gasteiger partial charge in [0.05, 0.1) is 24.7 Å². The summed E-state index contributed by atoms with van der Waals surface area (Å²) in [6.45, 7) is 4.49. The van der Waals surface area contributed by atoms with Crippen LogP contribution in [0, 0.1) is 5.92 Å². The van der Waals surface area contributed by atoms with Gasteiger partial charge in [0.1, 0.15) is 0 Å². The molecule has 1 aromatic rings. The SMILES string of the molecule is NC[C@@H]1CN(C(=O)CSCC(=O)N2CCOCC2)C[C@H]1c1ccccc1. The van der Waals surface area contributed by atoms with Crippen molar-refractivity contribution in [2.75, 3.05) is 57.4 Å². The molecule has 0 unspecified atom stereocenters. The number of hydrogen-bond acceptors (Lipinski definition) is 5. The van der Waals surface area contributed by atoms with Gasteiger partial charge in [0.15, 0.2) is 0 Å². The number of benzene rings is 1. The molecule has 142 valence electrons. The second-order valence-corrected chi connectivity index (χ2v) is 7.78. The molecular weight excluding hydrogens is 350 g/mol. The Morgan fingerprint density at radius 2 is 1.69 bits per heavy atom. The molecule has 2 heterocycles. The van der Waals surface area contributed by atoms with E-state index in [2.05, 4.69) is 12.1 Å². The lowest BCUT2D eigenvalue weighted by Crippen LogP contribution is -2.41. The van der Waals surface area contributed by atoms with Gasteiger partial charge in [0.25, 0.3) is 0 Å². The molecule has 2 aliphatic heterocycles. The van der Waals surface area contributed by atoms with Crippen LogP contribution in [-0.2, 0) is 14.3 Å². The van der Waals surface area contributed by atoms with Gasteiger partial charge in [-0.1, -0.05) is 30.3 Å². The number of carbonyl (C=O) groups excluding carboxylic acids is 2. The molecule has 2 aliphatic rings. The molecule has 0 bridgehead atoms. The highest BCUT2D eigenvalue weighted by molar-refractivity contribution is 8.00. The quantitative estimate of drug-likeness (QED) is 0.793. The Morgan fingerprint density at radius 3 is 2.35 bits per heavy atom. The highest BCUT2D eigenvalue weighted by Gasteiger charge is 2.35. The molecule has 0 aromatic heterocycles. The van der Waals surface area contributed by atoms with E-state index >= 15 is 0 Å². The molecular formula is C19H27N3O3S. The van der Waals surface area contributed by atoms with Crippen LogP contribution in [0.15, 0.2) is 30.3 Å². The second kappa shape index (κ2) is 9.39. The molecule has 0 radical (unpaired) electrons. The first-order valence-electron chi connectivity index (χ1n) is 9.15. The smallest absolute Gasteiger partial charge is 0.232 e. The third kappa shape index (κ3) is 4.78. The van der Waals surface area contributed by atoms with Crippen molar-refractivity contribution in [1.29, 1.82) is 0 Å². The van der Waals surface area contributed by atoms with Crippen LogP contribution in [0.4, 0.5) is 0 Å². The molecule has 26 heavy (non-hydrogen) atoms. The molecule has 2 saturated heterocycles. The first-order valence-corrected chi connectivity index (χ1v) is 10.3. The van der Waals surface area contributed by atoms with Gasteiger partial charge in [0, 0.05) is 32.1 Å². The van der Waals surface area contributed by atoms with E-state index < -0.39 is 0 Å². The van der Waals surface area contributed by atoms with Gasteiger partial charge in [-0.25, -0.2) is 0 Å². The van der Waals surface area contributed by atoms with E-state index in [1.165, 1.54) is 17.3 Å². The minimum atomic E-state index is 0.0921. The summed E-state index contributed by atoms with van der Waals surface area (Å²) >= 11 is 1.40. The van der Waals surface area contributed by atoms with Crippen LogP contribution in [-0.4, -0.2) is 79.1 Å². The van der Waals surface area contributed by atoms with Crippen LogP contribution >= 0.6 is 11.8 Å². The lowest BCUT2D eigenvalue weighted by Gasteiger charge is -2.26. The van der Waals surface area contributed by atoms with Crippen LogP contribution in [0.1, 0.15) is 11.5 Å². The predicted molar refractivity (Wildman–Crippen MR) is 103 cm³/mol. The second-order valence-electron chi connectivity index (χ2n) is 6.80. The minimum absolute atomic E-state index is 0.0921. The van der Waals surface area contributed by atoms with E-state index in [9.17, 15) is 9.59 Å². The van der Waals surface area contributed by atoms with Crippen molar-refractivity contribution in [1.82, 2.24) is 9.80 Å². The first kappa shape index (κ1) is 19.2. The van der Waals surface area contributed by atoms with Crippen LogP contribution in [0.2, 0.25) is 0 Å². The number of ether oxygens (including phenoxy) is 1.